The van der Waals surface area contributed by atoms with Crippen LogP contribution in [0.15, 0.2) is 33.5 Å². The van der Waals surface area contributed by atoms with Crippen molar-refractivity contribution in [3.8, 4) is 11.5 Å². The summed E-state index contributed by atoms with van der Waals surface area (Å²) in [5.41, 5.74) is -0.561. The number of hydrogen-bond donors (Lipinski definition) is 1. The van der Waals surface area contributed by atoms with Gasteiger partial charge in [-0.25, -0.2) is 4.98 Å². The van der Waals surface area contributed by atoms with Crippen molar-refractivity contribution in [2.45, 2.75) is 6.92 Å². The Labute approximate surface area is 144 Å². The van der Waals surface area contributed by atoms with E-state index in [0.29, 0.717) is 16.0 Å². The van der Waals surface area contributed by atoms with E-state index in [4.69, 9.17) is 4.74 Å². The first-order valence-corrected chi connectivity index (χ1v) is 7.87. The van der Waals surface area contributed by atoms with Crippen LogP contribution in [0.25, 0.3) is 10.2 Å². The lowest BCUT2D eigenvalue weighted by Crippen LogP contribution is -2.19. The summed E-state index contributed by atoms with van der Waals surface area (Å²) in [7, 11) is 1.28. The summed E-state index contributed by atoms with van der Waals surface area (Å²) >= 11 is 1.35. The first kappa shape index (κ1) is 16.6. The van der Waals surface area contributed by atoms with E-state index in [1.54, 1.807) is 18.4 Å². The zero-order chi connectivity index (χ0) is 18.1. The third kappa shape index (κ3) is 2.94. The van der Waals surface area contributed by atoms with Crippen LogP contribution in [0.2, 0.25) is 0 Å². The largest absolute Gasteiger partial charge is 0.500 e. The van der Waals surface area contributed by atoms with Crippen LogP contribution in [0.3, 0.4) is 0 Å². The molecule has 0 atom stereocenters. The van der Waals surface area contributed by atoms with Crippen LogP contribution in [0.5, 0.6) is 11.5 Å². The summed E-state index contributed by atoms with van der Waals surface area (Å²) in [4.78, 5) is 27.6. The van der Waals surface area contributed by atoms with Gasteiger partial charge in [0.25, 0.3) is 5.56 Å². The summed E-state index contributed by atoms with van der Waals surface area (Å²) in [6.07, 6.45) is 1.27. The molecule has 0 unspecified atom stereocenters. The van der Waals surface area contributed by atoms with E-state index < -0.39 is 16.4 Å². The third-order valence-electron chi connectivity index (χ3n) is 3.45. The molecule has 1 N–H and O–H groups in total. The molecule has 3 rings (SSSR count). The summed E-state index contributed by atoms with van der Waals surface area (Å²) in [5, 5.41) is 27.1. The second kappa shape index (κ2) is 6.32. The number of ether oxygens (including phenoxy) is 1. The molecule has 1 aromatic carbocycles. The number of fused-ring (bicyclic) bond motifs is 1. The Kier molecular flexibility index (Phi) is 4.19. The minimum Gasteiger partial charge on any atom is -0.500 e. The number of phenols is 1. The molecule has 0 saturated carbocycles. The zero-order valence-electron chi connectivity index (χ0n) is 13.2. The Hall–Kier alpha value is -3.27. The van der Waals surface area contributed by atoms with Crippen molar-refractivity contribution in [1.29, 1.82) is 0 Å². The molecule has 0 bridgehead atoms. The molecule has 9 nitrogen and oxygen atoms in total. The molecule has 2 aromatic heterocycles. The van der Waals surface area contributed by atoms with Gasteiger partial charge in [-0.1, -0.05) is 0 Å². The number of rotatable bonds is 4. The average Bonchev–Trinajstić information content (AvgIpc) is 3.03. The number of hydrogen-bond acceptors (Lipinski definition) is 8. The van der Waals surface area contributed by atoms with Crippen LogP contribution in [0.4, 0.5) is 5.69 Å². The predicted octanol–water partition coefficient (Wildman–Crippen LogP) is 2.27. The fraction of sp³-hybridized carbons (Fsp3) is 0.133. The second-order valence-electron chi connectivity index (χ2n) is 5.01. The molecule has 0 aliphatic rings. The van der Waals surface area contributed by atoms with Gasteiger partial charge in [-0.3, -0.25) is 14.9 Å². The summed E-state index contributed by atoms with van der Waals surface area (Å²) in [5.74, 6) is -0.248. The number of nitrogens with zero attached hydrogens (tertiary/aromatic N) is 4. The minimum atomic E-state index is -0.731. The van der Waals surface area contributed by atoms with E-state index in [0.717, 1.165) is 10.7 Å². The van der Waals surface area contributed by atoms with Crippen LogP contribution in [0.1, 0.15) is 11.4 Å². The molecule has 0 aliphatic carbocycles. The molecule has 0 spiro atoms. The van der Waals surface area contributed by atoms with Gasteiger partial charge in [0.15, 0.2) is 5.75 Å². The normalized spacial score (nSPS) is 11.3. The van der Waals surface area contributed by atoms with Gasteiger partial charge >= 0.3 is 5.69 Å². The Morgan fingerprint density at radius 1 is 1.48 bits per heavy atom. The van der Waals surface area contributed by atoms with Gasteiger partial charge in [-0.2, -0.15) is 9.78 Å². The number of benzene rings is 1. The molecule has 0 saturated heterocycles. The molecule has 2 heterocycles. The van der Waals surface area contributed by atoms with E-state index in [9.17, 15) is 20.0 Å². The minimum absolute atomic E-state index is 0.0638. The summed E-state index contributed by atoms with van der Waals surface area (Å²) in [6.45, 7) is 1.64. The van der Waals surface area contributed by atoms with Crippen molar-refractivity contribution in [2.24, 2.45) is 5.10 Å². The maximum atomic E-state index is 12.4. The van der Waals surface area contributed by atoms with E-state index >= 15 is 0 Å². The van der Waals surface area contributed by atoms with Crippen LogP contribution in [-0.4, -0.2) is 33.0 Å². The number of aryl methyl sites for hydroxylation is 1. The number of methoxy groups -OCH3 is 1. The Balaban J connectivity index is 2.10. The lowest BCUT2D eigenvalue weighted by atomic mass is 10.2. The lowest BCUT2D eigenvalue weighted by Gasteiger charge is -2.06. The van der Waals surface area contributed by atoms with Crippen molar-refractivity contribution < 1.29 is 14.8 Å². The standard InChI is InChI=1S/C15H12N4O5S/c1-8-17-14-10(3-4-25-14)15(21)18(8)16-7-9-5-11(19(22)23)13(20)12(6-9)24-2/h3-7,20H,1-2H3/b16-7+. The van der Waals surface area contributed by atoms with Crippen molar-refractivity contribution in [3.63, 3.8) is 0 Å². The highest BCUT2D eigenvalue weighted by Crippen LogP contribution is 2.36. The van der Waals surface area contributed by atoms with Crippen molar-refractivity contribution in [1.82, 2.24) is 9.66 Å². The predicted molar refractivity (Wildman–Crippen MR) is 92.9 cm³/mol. The smallest absolute Gasteiger partial charge is 0.315 e. The van der Waals surface area contributed by atoms with Crippen LogP contribution in [0, 0.1) is 17.0 Å². The molecule has 0 radical (unpaired) electrons. The fourth-order valence-corrected chi connectivity index (χ4v) is 3.05. The van der Waals surface area contributed by atoms with E-state index in [2.05, 4.69) is 10.1 Å². The molecule has 0 fully saturated rings. The quantitative estimate of drug-likeness (QED) is 0.433. The SMILES string of the molecule is COc1cc(/C=N/n2c(C)nc3sccc3c2=O)cc([N+](=O)[O-])c1O. The summed E-state index contributed by atoms with van der Waals surface area (Å²) in [6, 6.07) is 4.18. The highest BCUT2D eigenvalue weighted by Gasteiger charge is 2.19. The zero-order valence-corrected chi connectivity index (χ0v) is 14.0. The highest BCUT2D eigenvalue weighted by atomic mass is 32.1. The molecule has 10 heteroatoms. The van der Waals surface area contributed by atoms with Gasteiger partial charge in [-0.05, 0) is 24.4 Å². The number of aromatic hydroxyl groups is 1. The van der Waals surface area contributed by atoms with Crippen LogP contribution >= 0.6 is 11.3 Å². The molecular weight excluding hydrogens is 348 g/mol. The van der Waals surface area contributed by atoms with Gasteiger partial charge in [0.1, 0.15) is 10.7 Å². The van der Waals surface area contributed by atoms with E-state index in [1.807, 2.05) is 0 Å². The van der Waals surface area contributed by atoms with Gasteiger partial charge < -0.3 is 9.84 Å². The Morgan fingerprint density at radius 2 is 2.24 bits per heavy atom. The molecule has 3 aromatic rings. The molecule has 0 amide bonds. The average molecular weight is 360 g/mol. The van der Waals surface area contributed by atoms with Crippen LogP contribution < -0.4 is 10.3 Å². The molecule has 25 heavy (non-hydrogen) atoms. The monoisotopic (exact) mass is 360 g/mol. The first-order chi connectivity index (χ1) is 11.9. The van der Waals surface area contributed by atoms with Crippen molar-refractivity contribution >= 4 is 33.5 Å². The summed E-state index contributed by atoms with van der Waals surface area (Å²) < 4.78 is 6.04. The number of nitro benzene ring substituents is 1. The molecular formula is C15H12N4O5S. The van der Waals surface area contributed by atoms with Gasteiger partial charge in [-0.15, -0.1) is 11.3 Å². The lowest BCUT2D eigenvalue weighted by molar-refractivity contribution is -0.386. The van der Waals surface area contributed by atoms with E-state index in [-0.39, 0.29) is 16.9 Å². The molecule has 0 aliphatic heterocycles. The number of thiophene rings is 1. The van der Waals surface area contributed by atoms with E-state index in [1.165, 1.54) is 30.7 Å². The molecule has 128 valence electrons. The maximum Gasteiger partial charge on any atom is 0.315 e. The Morgan fingerprint density at radius 3 is 2.92 bits per heavy atom. The topological polar surface area (TPSA) is 120 Å². The van der Waals surface area contributed by atoms with Crippen molar-refractivity contribution in [3.05, 3.63) is 55.4 Å². The number of phenolic OH excluding ortho intramolecular Hbond substituents is 1. The Bertz CT molecular complexity index is 1070. The maximum absolute atomic E-state index is 12.4. The first-order valence-electron chi connectivity index (χ1n) is 6.99. The highest BCUT2D eigenvalue weighted by molar-refractivity contribution is 7.16. The van der Waals surface area contributed by atoms with Crippen molar-refractivity contribution in [2.75, 3.05) is 7.11 Å². The van der Waals surface area contributed by atoms with Gasteiger partial charge in [0.2, 0.25) is 5.75 Å². The second-order valence-corrected chi connectivity index (χ2v) is 5.90. The van der Waals surface area contributed by atoms with Crippen LogP contribution in [-0.2, 0) is 0 Å². The number of aromatic nitrogens is 2. The van der Waals surface area contributed by atoms with Gasteiger partial charge in [0.05, 0.1) is 23.6 Å². The number of nitro groups is 1. The van der Waals surface area contributed by atoms with Gasteiger partial charge in [0, 0.05) is 11.6 Å². The third-order valence-corrected chi connectivity index (χ3v) is 4.26. The fourth-order valence-electron chi connectivity index (χ4n) is 2.25.